The van der Waals surface area contributed by atoms with Gasteiger partial charge in [0, 0.05) is 29.6 Å². The van der Waals surface area contributed by atoms with Crippen molar-refractivity contribution >= 4 is 28.2 Å². The van der Waals surface area contributed by atoms with Crippen LogP contribution in [0.1, 0.15) is 44.0 Å². The van der Waals surface area contributed by atoms with E-state index in [1.165, 1.54) is 16.2 Å². The topological polar surface area (TPSA) is 102 Å². The Morgan fingerprint density at radius 3 is 2.87 bits per heavy atom. The molecule has 0 atom stereocenters. The van der Waals surface area contributed by atoms with Crippen molar-refractivity contribution in [3.8, 4) is 11.4 Å². The first-order chi connectivity index (χ1) is 14.6. The molecule has 30 heavy (non-hydrogen) atoms. The molecule has 9 heteroatoms. The molecule has 3 aromatic rings. The minimum atomic E-state index is -0.275. The van der Waals surface area contributed by atoms with E-state index < -0.39 is 0 Å². The maximum absolute atomic E-state index is 13.0. The molecule has 1 aliphatic carbocycles. The molecule has 2 aromatic heterocycles. The number of carbonyl (C=O) groups is 2. The van der Waals surface area contributed by atoms with Gasteiger partial charge in [-0.25, -0.2) is 4.68 Å². The van der Waals surface area contributed by atoms with Gasteiger partial charge < -0.3 is 10.6 Å². The van der Waals surface area contributed by atoms with E-state index in [2.05, 4.69) is 32.7 Å². The number of nitrogens with zero attached hydrogens (tertiary/aromatic N) is 4. The van der Waals surface area contributed by atoms with E-state index in [-0.39, 0.29) is 11.8 Å². The average molecular weight is 423 g/mol. The summed E-state index contributed by atoms with van der Waals surface area (Å²) < 4.78 is 1.55. The Morgan fingerprint density at radius 2 is 2.10 bits per heavy atom. The zero-order chi connectivity index (χ0) is 21.1. The lowest BCUT2D eigenvalue weighted by Crippen LogP contribution is -2.26. The highest BCUT2D eigenvalue weighted by Crippen LogP contribution is 2.38. The maximum atomic E-state index is 13.0. The molecule has 0 aliphatic heterocycles. The van der Waals surface area contributed by atoms with Crippen LogP contribution in [0.2, 0.25) is 0 Å². The van der Waals surface area contributed by atoms with E-state index in [0.29, 0.717) is 28.5 Å². The molecule has 8 nitrogen and oxygen atoms in total. The first-order valence-corrected chi connectivity index (χ1v) is 10.6. The summed E-state index contributed by atoms with van der Waals surface area (Å²) in [6.07, 6.45) is 5.58. The predicted octanol–water partition coefficient (Wildman–Crippen LogP) is 2.99. The van der Waals surface area contributed by atoms with Gasteiger partial charge in [-0.05, 0) is 53.8 Å². The Morgan fingerprint density at radius 1 is 1.27 bits per heavy atom. The number of hydrogen-bond acceptors (Lipinski definition) is 6. The molecule has 0 fully saturated rings. The largest absolute Gasteiger partial charge is 0.348 e. The van der Waals surface area contributed by atoms with Crippen molar-refractivity contribution in [2.75, 3.05) is 11.9 Å². The number of amides is 2. The molecule has 0 radical (unpaired) electrons. The Balaban J connectivity index is 1.63. The summed E-state index contributed by atoms with van der Waals surface area (Å²) in [7, 11) is 1.74. The Kier molecular flexibility index (Phi) is 5.71. The smallest absolute Gasteiger partial charge is 0.256 e. The van der Waals surface area contributed by atoms with Gasteiger partial charge in [0.1, 0.15) is 5.00 Å². The first-order valence-electron chi connectivity index (χ1n) is 9.76. The third-order valence-corrected chi connectivity index (χ3v) is 6.24. The number of fused-ring (bicyclic) bond motifs is 1. The van der Waals surface area contributed by atoms with Crippen LogP contribution >= 0.6 is 11.3 Å². The molecule has 0 saturated heterocycles. The van der Waals surface area contributed by atoms with Crippen molar-refractivity contribution in [3.05, 3.63) is 58.5 Å². The third-order valence-electron chi connectivity index (χ3n) is 5.04. The van der Waals surface area contributed by atoms with Gasteiger partial charge in [0.2, 0.25) is 0 Å². The van der Waals surface area contributed by atoms with Crippen LogP contribution in [-0.2, 0) is 19.9 Å². The third kappa shape index (κ3) is 3.88. The standard InChI is InChI=1S/C21H22N6O2S/c1-3-11-22-20(29)17-15-9-4-5-10-16(15)30-21(17)23-19(28)14-8-6-7-13(12-14)18-24-25-26-27(18)2/h3,6-8,12H,1,4-5,9-11H2,2H3,(H,22,29)(H,23,28). The fraction of sp³-hybridized carbons (Fsp3) is 0.286. The molecule has 154 valence electrons. The zero-order valence-corrected chi connectivity index (χ0v) is 17.5. The van der Waals surface area contributed by atoms with Crippen molar-refractivity contribution in [2.45, 2.75) is 25.7 Å². The lowest BCUT2D eigenvalue weighted by atomic mass is 9.95. The molecule has 0 bridgehead atoms. The van der Waals surface area contributed by atoms with Crippen LogP contribution < -0.4 is 10.6 Å². The highest BCUT2D eigenvalue weighted by molar-refractivity contribution is 7.17. The number of nitrogens with one attached hydrogen (secondary N) is 2. The summed E-state index contributed by atoms with van der Waals surface area (Å²) in [5, 5.41) is 17.9. The van der Waals surface area contributed by atoms with Crippen LogP contribution in [0.5, 0.6) is 0 Å². The number of aryl methyl sites for hydroxylation is 2. The number of benzene rings is 1. The fourth-order valence-corrected chi connectivity index (χ4v) is 4.88. The molecule has 2 N–H and O–H groups in total. The van der Waals surface area contributed by atoms with E-state index in [4.69, 9.17) is 0 Å². The first kappa shape index (κ1) is 20.0. The molecule has 4 rings (SSSR count). The molecule has 0 unspecified atom stereocenters. The highest BCUT2D eigenvalue weighted by Gasteiger charge is 2.26. The van der Waals surface area contributed by atoms with Crippen LogP contribution in [0.3, 0.4) is 0 Å². The van der Waals surface area contributed by atoms with Crippen LogP contribution in [-0.4, -0.2) is 38.6 Å². The van der Waals surface area contributed by atoms with Gasteiger partial charge >= 0.3 is 0 Å². The number of rotatable bonds is 6. The minimum absolute atomic E-state index is 0.177. The Hall–Kier alpha value is -3.33. The van der Waals surface area contributed by atoms with Gasteiger partial charge in [0.15, 0.2) is 5.82 Å². The lowest BCUT2D eigenvalue weighted by Gasteiger charge is -2.13. The van der Waals surface area contributed by atoms with Gasteiger partial charge in [-0.2, -0.15) is 0 Å². The van der Waals surface area contributed by atoms with Gasteiger partial charge in [-0.15, -0.1) is 23.0 Å². The summed E-state index contributed by atoms with van der Waals surface area (Å²) in [5.74, 6) is 0.118. The van der Waals surface area contributed by atoms with Crippen LogP contribution in [0.15, 0.2) is 36.9 Å². The van der Waals surface area contributed by atoms with E-state index in [1.807, 2.05) is 6.07 Å². The van der Waals surface area contributed by atoms with Gasteiger partial charge in [0.05, 0.1) is 5.56 Å². The summed E-state index contributed by atoms with van der Waals surface area (Å²) in [6, 6.07) is 7.11. The van der Waals surface area contributed by atoms with Crippen LogP contribution in [0.25, 0.3) is 11.4 Å². The number of tetrazole rings is 1. The molecule has 1 aliphatic rings. The predicted molar refractivity (Wildman–Crippen MR) is 116 cm³/mol. The number of thiophene rings is 1. The number of hydrogen-bond donors (Lipinski definition) is 2. The fourth-order valence-electron chi connectivity index (χ4n) is 3.60. The summed E-state index contributed by atoms with van der Waals surface area (Å²) in [5.41, 5.74) is 2.85. The van der Waals surface area contributed by atoms with Gasteiger partial charge in [-0.3, -0.25) is 9.59 Å². The molecule has 1 aromatic carbocycles. The number of carbonyl (C=O) groups excluding carboxylic acids is 2. The van der Waals surface area contributed by atoms with Crippen LogP contribution in [0, 0.1) is 0 Å². The second-order valence-corrected chi connectivity index (χ2v) is 8.18. The minimum Gasteiger partial charge on any atom is -0.348 e. The quantitative estimate of drug-likeness (QED) is 0.595. The monoisotopic (exact) mass is 422 g/mol. The normalized spacial score (nSPS) is 12.8. The molecular formula is C21H22N6O2S. The van der Waals surface area contributed by atoms with Crippen LogP contribution in [0.4, 0.5) is 5.00 Å². The zero-order valence-electron chi connectivity index (χ0n) is 16.6. The Labute approximate surface area is 178 Å². The van der Waals surface area contributed by atoms with Gasteiger partial charge in [-0.1, -0.05) is 18.2 Å². The average Bonchev–Trinajstić information content (AvgIpc) is 3.35. The maximum Gasteiger partial charge on any atom is 0.256 e. The van der Waals surface area contributed by atoms with Gasteiger partial charge in [0.25, 0.3) is 11.8 Å². The summed E-state index contributed by atoms with van der Waals surface area (Å²) in [6.45, 7) is 4.03. The van der Waals surface area contributed by atoms with E-state index >= 15 is 0 Å². The van der Waals surface area contributed by atoms with Crippen molar-refractivity contribution in [3.63, 3.8) is 0 Å². The lowest BCUT2D eigenvalue weighted by molar-refractivity contribution is 0.0958. The molecule has 2 amide bonds. The summed E-state index contributed by atoms with van der Waals surface area (Å²) in [4.78, 5) is 27.0. The van der Waals surface area contributed by atoms with E-state index in [1.54, 1.807) is 36.0 Å². The molecule has 2 heterocycles. The number of anilines is 1. The van der Waals surface area contributed by atoms with Crippen molar-refractivity contribution in [1.82, 2.24) is 25.5 Å². The number of aromatic nitrogens is 4. The van der Waals surface area contributed by atoms with E-state index in [0.717, 1.165) is 36.8 Å². The second kappa shape index (κ2) is 8.58. The Bertz CT molecular complexity index is 1120. The SMILES string of the molecule is C=CCNC(=O)c1c(NC(=O)c2cccc(-c3nnnn3C)c2)sc2c1CCCC2. The summed E-state index contributed by atoms with van der Waals surface area (Å²) >= 11 is 1.50. The van der Waals surface area contributed by atoms with E-state index in [9.17, 15) is 9.59 Å². The highest BCUT2D eigenvalue weighted by atomic mass is 32.1. The van der Waals surface area contributed by atoms with Crippen molar-refractivity contribution in [1.29, 1.82) is 0 Å². The molecular weight excluding hydrogens is 400 g/mol. The van der Waals surface area contributed by atoms with Crippen molar-refractivity contribution in [2.24, 2.45) is 7.05 Å². The molecule has 0 saturated carbocycles. The van der Waals surface area contributed by atoms with Crippen molar-refractivity contribution < 1.29 is 9.59 Å². The second-order valence-electron chi connectivity index (χ2n) is 7.07. The molecule has 0 spiro atoms.